The van der Waals surface area contributed by atoms with Crippen LogP contribution in [-0.4, -0.2) is 0 Å². The summed E-state index contributed by atoms with van der Waals surface area (Å²) in [5.74, 6) is 0. The molecule has 0 aliphatic heterocycles. The van der Waals surface area contributed by atoms with E-state index < -0.39 is 0 Å². The Hall–Kier alpha value is -1.12. The predicted octanol–water partition coefficient (Wildman–Crippen LogP) is 4.43. The number of fused-ring (bicyclic) bond motifs is 1. The third-order valence-corrected chi connectivity index (χ3v) is 5.66. The molecule has 1 heterocycles. The first-order chi connectivity index (χ1) is 9.71. The minimum absolute atomic E-state index is 0.178. The smallest absolute Gasteiger partial charge is 0.0461 e. The van der Waals surface area contributed by atoms with Gasteiger partial charge in [0.2, 0.25) is 0 Å². The Balaban J connectivity index is 1.93. The standard InChI is InChI=1S/C18H23NS/c1-2-15-10-11-16(20-15)13-18(19)12-6-5-8-14-7-3-4-9-17(14)18/h3-4,7,9-11H,2,5-6,8,12-13,19H2,1H3. The molecule has 0 amide bonds. The fourth-order valence-electron chi connectivity index (χ4n) is 3.32. The molecule has 2 N–H and O–H groups in total. The number of hydrogen-bond donors (Lipinski definition) is 1. The Morgan fingerprint density at radius 3 is 2.70 bits per heavy atom. The Bertz CT molecular complexity index is 587. The van der Waals surface area contributed by atoms with Crippen molar-refractivity contribution in [3.8, 4) is 0 Å². The number of thiophene rings is 1. The average Bonchev–Trinajstić information content (AvgIpc) is 2.84. The molecule has 3 rings (SSSR count). The van der Waals surface area contributed by atoms with Crippen LogP contribution >= 0.6 is 11.3 Å². The second-order valence-corrected chi connectivity index (χ2v) is 7.17. The summed E-state index contributed by atoms with van der Waals surface area (Å²) in [5.41, 5.74) is 9.52. The SMILES string of the molecule is CCc1ccc(CC2(N)CCCCc3ccccc32)s1. The molecule has 1 nitrogen and oxygen atoms in total. The van der Waals surface area contributed by atoms with E-state index in [2.05, 4.69) is 43.3 Å². The van der Waals surface area contributed by atoms with Gasteiger partial charge in [-0.1, -0.05) is 37.6 Å². The quantitative estimate of drug-likeness (QED) is 0.829. The Morgan fingerprint density at radius 2 is 1.90 bits per heavy atom. The Kier molecular flexibility index (Phi) is 3.95. The normalized spacial score (nSPS) is 22.3. The van der Waals surface area contributed by atoms with Gasteiger partial charge in [-0.2, -0.15) is 0 Å². The van der Waals surface area contributed by atoms with E-state index in [1.807, 2.05) is 11.3 Å². The number of rotatable bonds is 3. The maximum absolute atomic E-state index is 6.86. The first kappa shape index (κ1) is 13.8. The van der Waals surface area contributed by atoms with E-state index in [1.165, 1.54) is 40.1 Å². The van der Waals surface area contributed by atoms with E-state index in [1.54, 1.807) is 0 Å². The fraction of sp³-hybridized carbons (Fsp3) is 0.444. The molecule has 1 aliphatic rings. The topological polar surface area (TPSA) is 26.0 Å². The van der Waals surface area contributed by atoms with Gasteiger partial charge in [0.1, 0.15) is 0 Å². The molecule has 2 aromatic rings. The average molecular weight is 285 g/mol. The molecule has 1 atom stereocenters. The highest BCUT2D eigenvalue weighted by Gasteiger charge is 2.31. The largest absolute Gasteiger partial charge is 0.321 e. The molecule has 0 radical (unpaired) electrons. The molecule has 1 unspecified atom stereocenters. The molecule has 20 heavy (non-hydrogen) atoms. The number of aryl methyl sites for hydroxylation is 2. The second kappa shape index (κ2) is 5.71. The van der Waals surface area contributed by atoms with Gasteiger partial charge in [0.05, 0.1) is 0 Å². The lowest BCUT2D eigenvalue weighted by Crippen LogP contribution is -2.39. The van der Waals surface area contributed by atoms with Crippen LogP contribution < -0.4 is 5.73 Å². The van der Waals surface area contributed by atoms with Crippen LogP contribution in [-0.2, 0) is 24.8 Å². The minimum atomic E-state index is -0.178. The van der Waals surface area contributed by atoms with E-state index in [0.717, 1.165) is 19.3 Å². The van der Waals surface area contributed by atoms with Gasteiger partial charge in [0.15, 0.2) is 0 Å². The van der Waals surface area contributed by atoms with Gasteiger partial charge in [0, 0.05) is 21.7 Å². The third kappa shape index (κ3) is 2.68. The van der Waals surface area contributed by atoms with E-state index in [-0.39, 0.29) is 5.54 Å². The summed E-state index contributed by atoms with van der Waals surface area (Å²) in [6.07, 6.45) is 6.88. The molecule has 0 saturated heterocycles. The molecular weight excluding hydrogens is 262 g/mol. The van der Waals surface area contributed by atoms with Crippen molar-refractivity contribution in [2.45, 2.75) is 51.0 Å². The lowest BCUT2D eigenvalue weighted by molar-refractivity contribution is 0.401. The Morgan fingerprint density at radius 1 is 1.10 bits per heavy atom. The number of nitrogens with two attached hydrogens (primary N) is 1. The zero-order valence-corrected chi connectivity index (χ0v) is 13.0. The summed E-state index contributed by atoms with van der Waals surface area (Å²) in [7, 11) is 0. The molecular formula is C18H23NS. The molecule has 0 bridgehead atoms. The van der Waals surface area contributed by atoms with Crippen molar-refractivity contribution >= 4 is 11.3 Å². The van der Waals surface area contributed by atoms with Gasteiger partial charge in [0.25, 0.3) is 0 Å². The third-order valence-electron chi connectivity index (χ3n) is 4.43. The molecule has 106 valence electrons. The van der Waals surface area contributed by atoms with Crippen molar-refractivity contribution in [3.05, 3.63) is 57.3 Å². The summed E-state index contributed by atoms with van der Waals surface area (Å²) >= 11 is 1.93. The van der Waals surface area contributed by atoms with Gasteiger partial charge in [-0.15, -0.1) is 11.3 Å². The van der Waals surface area contributed by atoms with E-state index in [9.17, 15) is 0 Å². The van der Waals surface area contributed by atoms with E-state index in [4.69, 9.17) is 5.73 Å². The summed E-state index contributed by atoms with van der Waals surface area (Å²) < 4.78 is 0. The van der Waals surface area contributed by atoms with Gasteiger partial charge in [-0.3, -0.25) is 0 Å². The zero-order chi connectivity index (χ0) is 14.0. The lowest BCUT2D eigenvalue weighted by atomic mass is 9.82. The van der Waals surface area contributed by atoms with Gasteiger partial charge < -0.3 is 5.73 Å². The van der Waals surface area contributed by atoms with Crippen molar-refractivity contribution in [1.82, 2.24) is 0 Å². The highest BCUT2D eigenvalue weighted by molar-refractivity contribution is 7.12. The van der Waals surface area contributed by atoms with Crippen LogP contribution in [0, 0.1) is 0 Å². The van der Waals surface area contributed by atoms with Crippen molar-refractivity contribution in [2.75, 3.05) is 0 Å². The number of benzene rings is 1. The van der Waals surface area contributed by atoms with E-state index in [0.29, 0.717) is 0 Å². The Labute approximate surface area is 125 Å². The first-order valence-electron chi connectivity index (χ1n) is 7.66. The van der Waals surface area contributed by atoms with Crippen LogP contribution in [0.3, 0.4) is 0 Å². The molecule has 1 aromatic carbocycles. The lowest BCUT2D eigenvalue weighted by Gasteiger charge is -2.30. The summed E-state index contributed by atoms with van der Waals surface area (Å²) in [4.78, 5) is 2.89. The maximum atomic E-state index is 6.86. The van der Waals surface area contributed by atoms with Crippen molar-refractivity contribution in [1.29, 1.82) is 0 Å². The van der Waals surface area contributed by atoms with Gasteiger partial charge >= 0.3 is 0 Å². The van der Waals surface area contributed by atoms with Crippen LogP contribution in [0.5, 0.6) is 0 Å². The van der Waals surface area contributed by atoms with E-state index >= 15 is 0 Å². The van der Waals surface area contributed by atoms with Crippen LogP contribution in [0.15, 0.2) is 36.4 Å². The highest BCUT2D eigenvalue weighted by atomic mass is 32.1. The summed E-state index contributed by atoms with van der Waals surface area (Å²) in [6, 6.07) is 13.3. The second-order valence-electron chi connectivity index (χ2n) is 5.92. The van der Waals surface area contributed by atoms with Crippen LogP contribution in [0.4, 0.5) is 0 Å². The minimum Gasteiger partial charge on any atom is -0.321 e. The number of hydrogen-bond acceptors (Lipinski definition) is 2. The van der Waals surface area contributed by atoms with Gasteiger partial charge in [-0.05, 0) is 48.9 Å². The van der Waals surface area contributed by atoms with Crippen LogP contribution in [0.1, 0.15) is 47.1 Å². The summed E-state index contributed by atoms with van der Waals surface area (Å²) in [6.45, 7) is 2.22. The van der Waals surface area contributed by atoms with Crippen molar-refractivity contribution in [2.24, 2.45) is 5.73 Å². The molecule has 2 heteroatoms. The van der Waals surface area contributed by atoms with Crippen molar-refractivity contribution in [3.63, 3.8) is 0 Å². The maximum Gasteiger partial charge on any atom is 0.0461 e. The molecule has 1 aliphatic carbocycles. The van der Waals surface area contributed by atoms with Gasteiger partial charge in [-0.25, -0.2) is 0 Å². The zero-order valence-electron chi connectivity index (χ0n) is 12.2. The highest BCUT2D eigenvalue weighted by Crippen LogP contribution is 2.36. The molecule has 0 fully saturated rings. The van der Waals surface area contributed by atoms with Crippen LogP contribution in [0.2, 0.25) is 0 Å². The molecule has 1 aromatic heterocycles. The fourth-order valence-corrected chi connectivity index (χ4v) is 4.40. The monoisotopic (exact) mass is 285 g/mol. The summed E-state index contributed by atoms with van der Waals surface area (Å²) in [5, 5.41) is 0. The first-order valence-corrected chi connectivity index (χ1v) is 8.48. The predicted molar refractivity (Wildman–Crippen MR) is 87.3 cm³/mol. The molecule has 0 saturated carbocycles. The molecule has 0 spiro atoms. The van der Waals surface area contributed by atoms with Crippen molar-refractivity contribution < 1.29 is 0 Å². The van der Waals surface area contributed by atoms with Crippen LogP contribution in [0.25, 0.3) is 0 Å².